The number of benzene rings is 1. The predicted octanol–water partition coefficient (Wildman–Crippen LogP) is 1.48. The highest BCUT2D eigenvalue weighted by molar-refractivity contribution is 6.31. The summed E-state index contributed by atoms with van der Waals surface area (Å²) < 4.78 is 4.97. The van der Waals surface area contributed by atoms with Gasteiger partial charge in [-0.2, -0.15) is 0 Å². The molecule has 14 heavy (non-hydrogen) atoms. The maximum Gasteiger partial charge on any atom is 0.218 e. The fraction of sp³-hybridized carbons (Fsp3) is 0.0909. The Morgan fingerprint density at radius 3 is 2.43 bits per heavy atom. The molecule has 72 valence electrons. The number of methoxy groups -OCH3 is 1. The molecule has 0 saturated heterocycles. The molecule has 0 spiro atoms. The second kappa shape index (κ2) is 4.97. The third kappa shape index (κ3) is 2.86. The van der Waals surface area contributed by atoms with E-state index >= 15 is 0 Å². The summed E-state index contributed by atoms with van der Waals surface area (Å²) in [7, 11) is 1.58. The average Bonchev–Trinajstić information content (AvgIpc) is 2.26. The normalized spacial score (nSPS) is 10.1. The van der Waals surface area contributed by atoms with Crippen LogP contribution in [0.5, 0.6) is 5.75 Å². The van der Waals surface area contributed by atoms with Gasteiger partial charge in [0.05, 0.1) is 7.11 Å². The van der Waals surface area contributed by atoms with Crippen LogP contribution in [0.25, 0.3) is 6.08 Å². The largest absolute Gasteiger partial charge is 0.497 e. The van der Waals surface area contributed by atoms with Crippen molar-refractivity contribution < 1.29 is 14.3 Å². The van der Waals surface area contributed by atoms with Crippen molar-refractivity contribution in [3.8, 4) is 5.75 Å². The van der Waals surface area contributed by atoms with E-state index in [1.165, 1.54) is 6.08 Å². The van der Waals surface area contributed by atoms with Crippen LogP contribution >= 0.6 is 0 Å². The van der Waals surface area contributed by atoms with Gasteiger partial charge in [-0.1, -0.05) is 18.2 Å². The molecule has 0 atom stereocenters. The second-order valence-corrected chi connectivity index (χ2v) is 2.63. The Bertz CT molecular complexity index is 349. The third-order valence-electron chi connectivity index (χ3n) is 1.67. The molecule has 0 aliphatic carbocycles. The Balaban J connectivity index is 2.73. The minimum Gasteiger partial charge on any atom is -0.497 e. The van der Waals surface area contributed by atoms with Crippen LogP contribution in [0.2, 0.25) is 0 Å². The van der Waals surface area contributed by atoms with E-state index in [0.29, 0.717) is 0 Å². The van der Waals surface area contributed by atoms with E-state index in [-0.39, 0.29) is 6.29 Å². The quantitative estimate of drug-likeness (QED) is 0.410. The molecule has 0 N–H and O–H groups in total. The number of hydrogen-bond acceptors (Lipinski definition) is 3. The van der Waals surface area contributed by atoms with Crippen LogP contribution in [0.4, 0.5) is 0 Å². The lowest BCUT2D eigenvalue weighted by molar-refractivity contribution is -0.126. The number of hydrogen-bond donors (Lipinski definition) is 0. The lowest BCUT2D eigenvalue weighted by Crippen LogP contribution is -1.91. The molecule has 0 aliphatic heterocycles. The first-order chi connectivity index (χ1) is 6.76. The van der Waals surface area contributed by atoms with Gasteiger partial charge in [0.1, 0.15) is 5.75 Å². The first-order valence-electron chi connectivity index (χ1n) is 4.07. The summed E-state index contributed by atoms with van der Waals surface area (Å²) in [6.07, 6.45) is 3.09. The fourth-order valence-electron chi connectivity index (χ4n) is 0.933. The molecule has 0 fully saturated rings. The van der Waals surface area contributed by atoms with Crippen molar-refractivity contribution in [2.45, 2.75) is 0 Å². The highest BCUT2D eigenvalue weighted by atomic mass is 16.5. The summed E-state index contributed by atoms with van der Waals surface area (Å²) in [5.74, 6) is 0.213. The number of allylic oxidation sites excluding steroid dienone is 1. The molecule has 0 heterocycles. The Hall–Kier alpha value is -1.90. The molecule has 0 unspecified atom stereocenters. The van der Waals surface area contributed by atoms with Gasteiger partial charge in [0.15, 0.2) is 6.29 Å². The first kappa shape index (κ1) is 10.2. The van der Waals surface area contributed by atoms with E-state index < -0.39 is 5.78 Å². The molecule has 0 aliphatic rings. The number of rotatable bonds is 4. The van der Waals surface area contributed by atoms with E-state index in [1.807, 2.05) is 0 Å². The van der Waals surface area contributed by atoms with Gasteiger partial charge in [-0.05, 0) is 23.8 Å². The first-order valence-corrected chi connectivity index (χ1v) is 4.07. The summed E-state index contributed by atoms with van der Waals surface area (Å²) in [5.41, 5.74) is 0.848. The monoisotopic (exact) mass is 190 g/mol. The molecule has 0 saturated carbocycles. The van der Waals surface area contributed by atoms with Crippen LogP contribution in [0.15, 0.2) is 30.3 Å². The van der Waals surface area contributed by atoms with Crippen LogP contribution in [0, 0.1) is 0 Å². The van der Waals surface area contributed by atoms with Crippen molar-refractivity contribution in [2.75, 3.05) is 7.11 Å². The van der Waals surface area contributed by atoms with E-state index in [4.69, 9.17) is 4.74 Å². The number of aldehydes is 1. The summed E-state index contributed by atoms with van der Waals surface area (Å²) in [6.45, 7) is 0. The van der Waals surface area contributed by atoms with Crippen molar-refractivity contribution >= 4 is 18.1 Å². The highest BCUT2D eigenvalue weighted by Crippen LogP contribution is 2.11. The number of ether oxygens (including phenoxy) is 1. The van der Waals surface area contributed by atoms with Gasteiger partial charge in [0, 0.05) is 0 Å². The van der Waals surface area contributed by atoms with Gasteiger partial charge in [-0.3, -0.25) is 9.59 Å². The zero-order valence-corrected chi connectivity index (χ0v) is 7.77. The van der Waals surface area contributed by atoms with Crippen molar-refractivity contribution in [2.24, 2.45) is 0 Å². The van der Waals surface area contributed by atoms with Crippen molar-refractivity contribution in [1.82, 2.24) is 0 Å². The molecular weight excluding hydrogens is 180 g/mol. The number of carbonyl (C=O) groups is 2. The lowest BCUT2D eigenvalue weighted by Gasteiger charge is -1.98. The number of ketones is 1. The van der Waals surface area contributed by atoms with Crippen LogP contribution in [0.3, 0.4) is 0 Å². The van der Waals surface area contributed by atoms with Gasteiger partial charge in [0.2, 0.25) is 5.78 Å². The molecule has 3 heteroatoms. The fourth-order valence-corrected chi connectivity index (χ4v) is 0.933. The molecule has 3 nitrogen and oxygen atoms in total. The standard InChI is InChI=1S/C11H10O3/c1-14-11-6-3-9(4-7-11)2-5-10(13)8-12/h2-8H,1H3. The maximum atomic E-state index is 10.6. The summed E-state index contributed by atoms with van der Waals surface area (Å²) in [4.78, 5) is 20.6. The minimum atomic E-state index is -0.541. The molecular formula is C11H10O3. The molecule has 0 aromatic heterocycles. The average molecular weight is 190 g/mol. The smallest absolute Gasteiger partial charge is 0.218 e. The minimum absolute atomic E-state index is 0.278. The summed E-state index contributed by atoms with van der Waals surface area (Å²) >= 11 is 0. The van der Waals surface area contributed by atoms with Gasteiger partial charge in [0.25, 0.3) is 0 Å². The van der Waals surface area contributed by atoms with Crippen LogP contribution in [-0.2, 0) is 9.59 Å². The van der Waals surface area contributed by atoms with Crippen molar-refractivity contribution in [3.63, 3.8) is 0 Å². The lowest BCUT2D eigenvalue weighted by atomic mass is 10.2. The van der Waals surface area contributed by atoms with Gasteiger partial charge < -0.3 is 4.74 Å². The van der Waals surface area contributed by atoms with Crippen molar-refractivity contribution in [1.29, 1.82) is 0 Å². The molecule has 0 radical (unpaired) electrons. The van der Waals surface area contributed by atoms with E-state index in [0.717, 1.165) is 11.3 Å². The van der Waals surface area contributed by atoms with Gasteiger partial charge in [-0.25, -0.2) is 0 Å². The van der Waals surface area contributed by atoms with E-state index in [9.17, 15) is 9.59 Å². The third-order valence-corrected chi connectivity index (χ3v) is 1.67. The highest BCUT2D eigenvalue weighted by Gasteiger charge is 1.92. The molecule has 0 amide bonds. The maximum absolute atomic E-state index is 10.6. The Morgan fingerprint density at radius 2 is 1.93 bits per heavy atom. The van der Waals surface area contributed by atoms with Crippen molar-refractivity contribution in [3.05, 3.63) is 35.9 Å². The Labute approximate surface area is 82.0 Å². The molecule has 0 bridgehead atoms. The number of carbonyl (C=O) groups excluding carboxylic acids is 2. The molecule has 1 rings (SSSR count). The van der Waals surface area contributed by atoms with Crippen LogP contribution in [0.1, 0.15) is 5.56 Å². The molecule has 1 aromatic rings. The van der Waals surface area contributed by atoms with Crippen LogP contribution < -0.4 is 4.74 Å². The van der Waals surface area contributed by atoms with E-state index in [1.54, 1.807) is 37.5 Å². The summed E-state index contributed by atoms with van der Waals surface area (Å²) in [5, 5.41) is 0. The zero-order chi connectivity index (χ0) is 10.4. The summed E-state index contributed by atoms with van der Waals surface area (Å²) in [6, 6.07) is 7.16. The topological polar surface area (TPSA) is 43.4 Å². The van der Waals surface area contributed by atoms with Gasteiger partial charge in [-0.15, -0.1) is 0 Å². The SMILES string of the molecule is COc1ccc(C=CC(=O)C=O)cc1. The van der Waals surface area contributed by atoms with E-state index in [2.05, 4.69) is 0 Å². The Kier molecular flexibility index (Phi) is 3.61. The van der Waals surface area contributed by atoms with Gasteiger partial charge >= 0.3 is 0 Å². The zero-order valence-electron chi connectivity index (χ0n) is 7.77. The predicted molar refractivity (Wildman–Crippen MR) is 53.1 cm³/mol. The Morgan fingerprint density at radius 1 is 1.29 bits per heavy atom. The molecule has 1 aromatic carbocycles. The van der Waals surface area contributed by atoms with Crippen LogP contribution in [-0.4, -0.2) is 19.2 Å². The second-order valence-electron chi connectivity index (χ2n) is 2.63.